The molecule has 0 unspecified atom stereocenters. The summed E-state index contributed by atoms with van der Waals surface area (Å²) < 4.78 is 5.19. The van der Waals surface area contributed by atoms with E-state index in [9.17, 15) is 25.0 Å². The van der Waals surface area contributed by atoms with Crippen LogP contribution in [0.3, 0.4) is 0 Å². The van der Waals surface area contributed by atoms with Crippen molar-refractivity contribution in [2.75, 3.05) is 18.0 Å². The van der Waals surface area contributed by atoms with Gasteiger partial charge in [0.2, 0.25) is 0 Å². The third kappa shape index (κ3) is 5.07. The molecule has 3 rings (SSSR count). The van der Waals surface area contributed by atoms with Crippen LogP contribution in [0.2, 0.25) is 0 Å². The van der Waals surface area contributed by atoms with Gasteiger partial charge in [0.25, 0.3) is 11.4 Å². The van der Waals surface area contributed by atoms with Crippen LogP contribution in [0.25, 0.3) is 0 Å². The fraction of sp³-hybridized carbons (Fsp3) is 0.350. The molecule has 152 valence electrons. The zero-order valence-electron chi connectivity index (χ0n) is 15.8. The number of carbonyl (C=O) groups excluding carboxylic acids is 1. The summed E-state index contributed by atoms with van der Waals surface area (Å²) in [7, 11) is 0. The van der Waals surface area contributed by atoms with Crippen LogP contribution in [0.15, 0.2) is 42.5 Å². The number of anilines is 1. The van der Waals surface area contributed by atoms with Gasteiger partial charge in [-0.15, -0.1) is 0 Å². The van der Waals surface area contributed by atoms with Crippen LogP contribution < -0.4 is 4.90 Å². The summed E-state index contributed by atoms with van der Waals surface area (Å²) >= 11 is 0. The van der Waals surface area contributed by atoms with Gasteiger partial charge in [-0.2, -0.15) is 0 Å². The first kappa shape index (κ1) is 20.2. The van der Waals surface area contributed by atoms with Crippen molar-refractivity contribution < 1.29 is 19.4 Å². The number of nitro benzene ring substituents is 2. The molecule has 9 nitrogen and oxygen atoms in total. The van der Waals surface area contributed by atoms with Gasteiger partial charge in [-0.25, -0.2) is 4.79 Å². The van der Waals surface area contributed by atoms with Gasteiger partial charge >= 0.3 is 5.97 Å². The Bertz CT molecular complexity index is 922. The summed E-state index contributed by atoms with van der Waals surface area (Å²) in [6.45, 7) is 1.33. The molecule has 0 radical (unpaired) electrons. The Morgan fingerprint density at radius 2 is 1.69 bits per heavy atom. The molecule has 29 heavy (non-hydrogen) atoms. The van der Waals surface area contributed by atoms with Crippen molar-refractivity contribution >= 4 is 23.0 Å². The molecule has 2 aromatic rings. The van der Waals surface area contributed by atoms with Gasteiger partial charge in [0, 0.05) is 31.3 Å². The Labute approximate surface area is 167 Å². The maximum atomic E-state index is 12.4. The van der Waals surface area contributed by atoms with Crippen molar-refractivity contribution in [3.8, 4) is 0 Å². The largest absolute Gasteiger partial charge is 0.457 e. The van der Waals surface area contributed by atoms with Gasteiger partial charge in [-0.05, 0) is 30.5 Å². The molecule has 0 spiro atoms. The standard InChI is InChI=1S/C20H21N3O6/c24-20(29-14-15-6-5-7-17(12-15)22(25)26)16-8-9-18(19(13-16)23(27)28)21-10-3-1-2-4-11-21/h5-9,12-13H,1-4,10-11,14H2. The van der Waals surface area contributed by atoms with E-state index < -0.39 is 15.8 Å². The lowest BCUT2D eigenvalue weighted by Crippen LogP contribution is -2.24. The van der Waals surface area contributed by atoms with Crippen molar-refractivity contribution in [3.63, 3.8) is 0 Å². The van der Waals surface area contributed by atoms with E-state index in [0.29, 0.717) is 11.3 Å². The highest BCUT2D eigenvalue weighted by Gasteiger charge is 2.23. The van der Waals surface area contributed by atoms with E-state index in [1.165, 1.54) is 30.3 Å². The third-order valence-corrected chi connectivity index (χ3v) is 4.85. The minimum atomic E-state index is -0.720. The van der Waals surface area contributed by atoms with Crippen LogP contribution in [0, 0.1) is 20.2 Å². The molecule has 1 fully saturated rings. The summed E-state index contributed by atoms with van der Waals surface area (Å²) in [5, 5.41) is 22.4. The Kier molecular flexibility index (Phi) is 6.38. The molecule has 0 aliphatic carbocycles. The number of nitrogens with zero attached hydrogens (tertiary/aromatic N) is 3. The zero-order chi connectivity index (χ0) is 20.8. The lowest BCUT2D eigenvalue weighted by Gasteiger charge is -2.22. The molecule has 0 N–H and O–H groups in total. The number of hydrogen-bond donors (Lipinski definition) is 0. The van der Waals surface area contributed by atoms with E-state index in [1.54, 1.807) is 12.1 Å². The summed E-state index contributed by atoms with van der Waals surface area (Å²) in [6, 6.07) is 10.1. The van der Waals surface area contributed by atoms with Gasteiger partial charge in [-0.3, -0.25) is 20.2 Å². The topological polar surface area (TPSA) is 116 Å². The van der Waals surface area contributed by atoms with Gasteiger partial charge in [0.15, 0.2) is 0 Å². The number of hydrogen-bond acceptors (Lipinski definition) is 7. The van der Waals surface area contributed by atoms with Gasteiger partial charge in [-0.1, -0.05) is 25.0 Å². The second-order valence-electron chi connectivity index (χ2n) is 6.87. The third-order valence-electron chi connectivity index (χ3n) is 4.85. The summed E-state index contributed by atoms with van der Waals surface area (Å²) in [4.78, 5) is 35.7. The molecule has 2 aromatic carbocycles. The smallest absolute Gasteiger partial charge is 0.338 e. The van der Waals surface area contributed by atoms with Crippen molar-refractivity contribution in [3.05, 3.63) is 73.8 Å². The molecule has 0 saturated carbocycles. The molecule has 1 aliphatic heterocycles. The zero-order valence-corrected chi connectivity index (χ0v) is 15.8. The monoisotopic (exact) mass is 399 g/mol. The highest BCUT2D eigenvalue weighted by molar-refractivity contribution is 5.91. The fourth-order valence-electron chi connectivity index (χ4n) is 3.37. The molecule has 0 atom stereocenters. The van der Waals surface area contributed by atoms with Crippen LogP contribution in [-0.2, 0) is 11.3 Å². The molecule has 1 heterocycles. The van der Waals surface area contributed by atoms with Crippen molar-refractivity contribution in [1.29, 1.82) is 0 Å². The van der Waals surface area contributed by atoms with Crippen LogP contribution in [0.1, 0.15) is 41.6 Å². The number of non-ortho nitro benzene ring substituents is 1. The molecule has 0 bridgehead atoms. The van der Waals surface area contributed by atoms with E-state index in [-0.39, 0.29) is 23.5 Å². The molecule has 1 saturated heterocycles. The number of carbonyl (C=O) groups is 1. The van der Waals surface area contributed by atoms with Crippen LogP contribution in [0.4, 0.5) is 17.1 Å². The summed E-state index contributed by atoms with van der Waals surface area (Å²) in [5.41, 5.74) is 0.809. The number of esters is 1. The van der Waals surface area contributed by atoms with Crippen LogP contribution >= 0.6 is 0 Å². The maximum absolute atomic E-state index is 12.4. The van der Waals surface area contributed by atoms with E-state index in [4.69, 9.17) is 4.74 Å². The van der Waals surface area contributed by atoms with Crippen molar-refractivity contribution in [1.82, 2.24) is 0 Å². The molecule has 0 amide bonds. The Balaban J connectivity index is 1.75. The number of rotatable bonds is 6. The maximum Gasteiger partial charge on any atom is 0.338 e. The molecular weight excluding hydrogens is 378 g/mol. The van der Waals surface area contributed by atoms with E-state index in [2.05, 4.69) is 0 Å². The Hall–Kier alpha value is -3.49. The first-order valence-corrected chi connectivity index (χ1v) is 9.39. The van der Waals surface area contributed by atoms with Crippen molar-refractivity contribution in [2.24, 2.45) is 0 Å². The normalized spacial score (nSPS) is 14.1. The van der Waals surface area contributed by atoms with Crippen LogP contribution in [0.5, 0.6) is 0 Å². The molecule has 1 aliphatic rings. The quantitative estimate of drug-likeness (QED) is 0.405. The predicted molar refractivity (Wildman–Crippen MR) is 106 cm³/mol. The first-order valence-electron chi connectivity index (χ1n) is 9.39. The number of benzene rings is 2. The second-order valence-corrected chi connectivity index (χ2v) is 6.87. The fourth-order valence-corrected chi connectivity index (χ4v) is 3.37. The van der Waals surface area contributed by atoms with Crippen LogP contribution in [-0.4, -0.2) is 28.9 Å². The summed E-state index contributed by atoms with van der Waals surface area (Å²) in [6.07, 6.45) is 4.16. The summed E-state index contributed by atoms with van der Waals surface area (Å²) in [5.74, 6) is -0.720. The molecule has 0 aromatic heterocycles. The predicted octanol–water partition coefficient (Wildman–Crippen LogP) is 4.24. The SMILES string of the molecule is O=C(OCc1cccc([N+](=O)[O-])c1)c1ccc(N2CCCCCC2)c([N+](=O)[O-])c1. The van der Waals surface area contributed by atoms with E-state index in [0.717, 1.165) is 38.8 Å². The molecule has 9 heteroatoms. The lowest BCUT2D eigenvalue weighted by atomic mass is 10.1. The Morgan fingerprint density at radius 3 is 2.34 bits per heavy atom. The average molecular weight is 399 g/mol. The number of ether oxygens (including phenoxy) is 1. The number of nitro groups is 2. The van der Waals surface area contributed by atoms with Gasteiger partial charge in [0.05, 0.1) is 15.4 Å². The lowest BCUT2D eigenvalue weighted by molar-refractivity contribution is -0.385. The molecular formula is C20H21N3O6. The van der Waals surface area contributed by atoms with E-state index in [1.807, 2.05) is 4.90 Å². The average Bonchev–Trinajstić information content (AvgIpc) is 3.01. The first-order chi connectivity index (χ1) is 14.0. The second kappa shape index (κ2) is 9.13. The Morgan fingerprint density at radius 1 is 0.966 bits per heavy atom. The van der Waals surface area contributed by atoms with Gasteiger partial charge in [0.1, 0.15) is 12.3 Å². The highest BCUT2D eigenvalue weighted by atomic mass is 16.6. The van der Waals surface area contributed by atoms with E-state index >= 15 is 0 Å². The van der Waals surface area contributed by atoms with Gasteiger partial charge < -0.3 is 9.64 Å². The minimum absolute atomic E-state index is 0.0701. The highest BCUT2D eigenvalue weighted by Crippen LogP contribution is 2.31. The van der Waals surface area contributed by atoms with Crippen molar-refractivity contribution in [2.45, 2.75) is 32.3 Å². The minimum Gasteiger partial charge on any atom is -0.457 e.